The molecule has 1 fully saturated rings. The number of hydrogen-bond acceptors (Lipinski definition) is 4. The van der Waals surface area contributed by atoms with Crippen molar-refractivity contribution >= 4 is 37.3 Å². The number of sulfonamides is 1. The lowest BCUT2D eigenvalue weighted by Gasteiger charge is -2.30. The molecule has 0 bridgehead atoms. The fourth-order valence-electron chi connectivity index (χ4n) is 1.68. The molecular formula is C9H13BrN2O2S2. The molecule has 0 radical (unpaired) electrons. The number of piperazine rings is 1. The van der Waals surface area contributed by atoms with Gasteiger partial charge >= 0.3 is 0 Å². The Morgan fingerprint density at radius 3 is 2.88 bits per heavy atom. The Balaban J connectivity index is 2.25. The number of nitrogens with zero attached hydrogens (tertiary/aromatic N) is 1. The molecule has 1 aromatic heterocycles. The predicted octanol–water partition coefficient (Wildman–Crippen LogP) is 1.49. The molecule has 90 valence electrons. The Morgan fingerprint density at radius 2 is 2.31 bits per heavy atom. The van der Waals surface area contributed by atoms with Crippen molar-refractivity contribution in [2.24, 2.45) is 0 Å². The molecule has 2 rings (SSSR count). The molecule has 0 amide bonds. The summed E-state index contributed by atoms with van der Waals surface area (Å²) in [5, 5.41) is 3.23. The molecule has 0 aliphatic carbocycles. The van der Waals surface area contributed by atoms with E-state index < -0.39 is 10.0 Å². The van der Waals surface area contributed by atoms with Crippen molar-refractivity contribution in [2.45, 2.75) is 17.2 Å². The van der Waals surface area contributed by atoms with Crippen LogP contribution < -0.4 is 5.32 Å². The molecule has 4 nitrogen and oxygen atoms in total. The molecule has 7 heteroatoms. The number of rotatable bonds is 2. The second-order valence-corrected chi connectivity index (χ2v) is 8.40. The SMILES string of the molecule is CC1CN(S(=O)(=O)c2ccc(Br)s2)CCN1. The number of halogens is 1. The monoisotopic (exact) mass is 324 g/mol. The van der Waals surface area contributed by atoms with E-state index in [0.29, 0.717) is 23.8 Å². The van der Waals surface area contributed by atoms with Crippen LogP contribution in [0.4, 0.5) is 0 Å². The van der Waals surface area contributed by atoms with Gasteiger partial charge in [0.25, 0.3) is 10.0 Å². The third kappa shape index (κ3) is 2.48. The number of nitrogens with one attached hydrogen (secondary N) is 1. The number of hydrogen-bond donors (Lipinski definition) is 1. The topological polar surface area (TPSA) is 49.4 Å². The smallest absolute Gasteiger partial charge is 0.252 e. The Bertz CT molecular complexity index is 472. The average molecular weight is 325 g/mol. The van der Waals surface area contributed by atoms with Crippen LogP contribution in [0.2, 0.25) is 0 Å². The lowest BCUT2D eigenvalue weighted by Crippen LogP contribution is -2.51. The third-order valence-corrected chi connectivity index (χ3v) is 6.43. The van der Waals surface area contributed by atoms with Crippen molar-refractivity contribution in [1.29, 1.82) is 0 Å². The van der Waals surface area contributed by atoms with Gasteiger partial charge in [0.15, 0.2) is 0 Å². The Kier molecular flexibility index (Phi) is 3.70. The van der Waals surface area contributed by atoms with Crippen molar-refractivity contribution < 1.29 is 8.42 Å². The fourth-order valence-corrected chi connectivity index (χ4v) is 5.37. The maximum Gasteiger partial charge on any atom is 0.252 e. The van der Waals surface area contributed by atoms with Crippen LogP contribution in [0.5, 0.6) is 0 Å². The zero-order chi connectivity index (χ0) is 11.8. The van der Waals surface area contributed by atoms with Gasteiger partial charge in [0.1, 0.15) is 4.21 Å². The van der Waals surface area contributed by atoms with Gasteiger partial charge in [-0.3, -0.25) is 0 Å². The highest BCUT2D eigenvalue weighted by Crippen LogP contribution is 2.28. The standard InChI is InChI=1S/C9H13BrN2O2S2/c1-7-6-12(5-4-11-7)16(13,14)9-3-2-8(10)15-9/h2-3,7,11H,4-6H2,1H3. The quantitative estimate of drug-likeness (QED) is 0.896. The van der Waals surface area contributed by atoms with Crippen LogP contribution >= 0.6 is 27.3 Å². The minimum Gasteiger partial charge on any atom is -0.312 e. The second kappa shape index (κ2) is 4.73. The van der Waals surface area contributed by atoms with Crippen LogP contribution in [0, 0.1) is 0 Å². The second-order valence-electron chi connectivity index (χ2n) is 3.78. The first kappa shape index (κ1) is 12.5. The summed E-state index contributed by atoms with van der Waals surface area (Å²) in [7, 11) is -3.29. The number of thiophene rings is 1. The van der Waals surface area contributed by atoms with Crippen molar-refractivity contribution in [3.05, 3.63) is 15.9 Å². The zero-order valence-electron chi connectivity index (χ0n) is 8.81. The van der Waals surface area contributed by atoms with Gasteiger partial charge in [-0.1, -0.05) is 0 Å². The summed E-state index contributed by atoms with van der Waals surface area (Å²) in [4.78, 5) is 0. The molecule has 2 heterocycles. The van der Waals surface area contributed by atoms with E-state index in [4.69, 9.17) is 0 Å². The van der Waals surface area contributed by atoms with Crippen molar-refractivity contribution in [1.82, 2.24) is 9.62 Å². The van der Waals surface area contributed by atoms with Crippen LogP contribution in [-0.4, -0.2) is 38.4 Å². The van der Waals surface area contributed by atoms with E-state index in [1.807, 2.05) is 6.92 Å². The average Bonchev–Trinajstić information content (AvgIpc) is 2.65. The molecule has 0 saturated carbocycles. The fraction of sp³-hybridized carbons (Fsp3) is 0.556. The van der Waals surface area contributed by atoms with Crippen LogP contribution in [0.1, 0.15) is 6.92 Å². The van der Waals surface area contributed by atoms with E-state index in [1.165, 1.54) is 11.3 Å². The first-order valence-electron chi connectivity index (χ1n) is 4.99. The Morgan fingerprint density at radius 1 is 1.56 bits per heavy atom. The summed E-state index contributed by atoms with van der Waals surface area (Å²) < 4.78 is 27.3. The predicted molar refractivity (Wildman–Crippen MR) is 68.2 cm³/mol. The highest BCUT2D eigenvalue weighted by molar-refractivity contribution is 9.11. The van der Waals surface area contributed by atoms with Crippen LogP contribution in [0.3, 0.4) is 0 Å². The van der Waals surface area contributed by atoms with Crippen molar-refractivity contribution in [2.75, 3.05) is 19.6 Å². The van der Waals surface area contributed by atoms with Gasteiger partial charge in [-0.05, 0) is 35.0 Å². The first-order valence-corrected chi connectivity index (χ1v) is 8.04. The summed E-state index contributed by atoms with van der Waals surface area (Å²) in [6, 6.07) is 3.63. The van der Waals surface area contributed by atoms with Gasteiger partial charge in [0.05, 0.1) is 3.79 Å². The summed E-state index contributed by atoms with van der Waals surface area (Å²) >= 11 is 4.54. The summed E-state index contributed by atoms with van der Waals surface area (Å²) in [5.41, 5.74) is 0. The summed E-state index contributed by atoms with van der Waals surface area (Å²) in [6.07, 6.45) is 0. The van der Waals surface area contributed by atoms with Crippen LogP contribution in [-0.2, 0) is 10.0 Å². The van der Waals surface area contributed by atoms with Gasteiger partial charge in [-0.2, -0.15) is 4.31 Å². The first-order chi connectivity index (χ1) is 7.50. The van der Waals surface area contributed by atoms with Gasteiger partial charge in [-0.25, -0.2) is 8.42 Å². The molecule has 0 aromatic carbocycles. The van der Waals surface area contributed by atoms with Gasteiger partial charge in [0, 0.05) is 25.7 Å². The van der Waals surface area contributed by atoms with Gasteiger partial charge in [0.2, 0.25) is 0 Å². The molecule has 1 aliphatic heterocycles. The zero-order valence-corrected chi connectivity index (χ0v) is 12.0. The Hall–Kier alpha value is 0.0500. The minimum atomic E-state index is -3.29. The van der Waals surface area contributed by atoms with Gasteiger partial charge in [-0.15, -0.1) is 11.3 Å². The van der Waals surface area contributed by atoms with Crippen LogP contribution in [0.25, 0.3) is 0 Å². The molecule has 16 heavy (non-hydrogen) atoms. The van der Waals surface area contributed by atoms with E-state index >= 15 is 0 Å². The molecular weight excluding hydrogens is 312 g/mol. The molecule has 1 atom stereocenters. The van der Waals surface area contributed by atoms with E-state index in [1.54, 1.807) is 16.4 Å². The maximum absolute atomic E-state index is 12.2. The lowest BCUT2D eigenvalue weighted by atomic mass is 10.3. The largest absolute Gasteiger partial charge is 0.312 e. The van der Waals surface area contributed by atoms with E-state index in [2.05, 4.69) is 21.2 Å². The van der Waals surface area contributed by atoms with Crippen molar-refractivity contribution in [3.63, 3.8) is 0 Å². The highest BCUT2D eigenvalue weighted by Gasteiger charge is 2.29. The van der Waals surface area contributed by atoms with Crippen molar-refractivity contribution in [3.8, 4) is 0 Å². The van der Waals surface area contributed by atoms with Crippen LogP contribution in [0.15, 0.2) is 20.1 Å². The molecule has 1 N–H and O–H groups in total. The van der Waals surface area contributed by atoms with Gasteiger partial charge < -0.3 is 5.32 Å². The Labute approximate surface area is 108 Å². The van der Waals surface area contributed by atoms with E-state index in [-0.39, 0.29) is 6.04 Å². The maximum atomic E-state index is 12.2. The third-order valence-electron chi connectivity index (χ3n) is 2.47. The molecule has 1 saturated heterocycles. The van der Waals surface area contributed by atoms with E-state index in [0.717, 1.165) is 3.79 Å². The normalized spacial score (nSPS) is 23.5. The lowest BCUT2D eigenvalue weighted by molar-refractivity contribution is 0.311. The molecule has 1 aromatic rings. The summed E-state index contributed by atoms with van der Waals surface area (Å²) in [6.45, 7) is 3.79. The molecule has 0 spiro atoms. The molecule has 1 unspecified atom stereocenters. The molecule has 1 aliphatic rings. The van der Waals surface area contributed by atoms with E-state index in [9.17, 15) is 8.42 Å². The minimum absolute atomic E-state index is 0.215. The summed E-state index contributed by atoms with van der Waals surface area (Å²) in [5.74, 6) is 0. The highest BCUT2D eigenvalue weighted by atomic mass is 79.9.